The van der Waals surface area contributed by atoms with Crippen molar-refractivity contribution in [1.82, 2.24) is 9.62 Å². The number of benzene rings is 1. The van der Waals surface area contributed by atoms with Crippen LogP contribution < -0.4 is 5.32 Å². The van der Waals surface area contributed by atoms with Crippen molar-refractivity contribution < 1.29 is 17.9 Å². The molecular formula is C15H20Cl2N2O4S. The quantitative estimate of drug-likeness (QED) is 0.749. The Morgan fingerprint density at radius 3 is 2.88 bits per heavy atom. The molecule has 1 amide bonds. The van der Waals surface area contributed by atoms with E-state index in [0.717, 1.165) is 0 Å². The molecule has 1 aliphatic heterocycles. The first kappa shape index (κ1) is 19.5. The van der Waals surface area contributed by atoms with Gasteiger partial charge < -0.3 is 10.1 Å². The smallest absolute Gasteiger partial charge is 0.244 e. The Balaban J connectivity index is 2.13. The molecule has 0 spiro atoms. The standard InChI is InChI=1S/C15H20Cl2N2O4S/c1-23-8-6-18-15(20)11-3-2-7-19(10-11)24(21,22)14-9-12(16)4-5-13(14)17/h4-5,9,11H,2-3,6-8,10H2,1H3,(H,18,20). The summed E-state index contributed by atoms with van der Waals surface area (Å²) in [6.07, 6.45) is 1.26. The maximum absolute atomic E-state index is 12.8. The van der Waals surface area contributed by atoms with Crippen LogP contribution in [-0.2, 0) is 19.6 Å². The number of carbonyl (C=O) groups is 1. The fraction of sp³-hybridized carbons (Fsp3) is 0.533. The summed E-state index contributed by atoms with van der Waals surface area (Å²) in [7, 11) is -2.24. The van der Waals surface area contributed by atoms with E-state index in [1.807, 2.05) is 0 Å². The van der Waals surface area contributed by atoms with E-state index in [9.17, 15) is 13.2 Å². The summed E-state index contributed by atoms with van der Waals surface area (Å²) in [5.74, 6) is -0.549. The summed E-state index contributed by atoms with van der Waals surface area (Å²) in [5.41, 5.74) is 0. The molecule has 0 bridgehead atoms. The number of ether oxygens (including phenoxy) is 1. The summed E-state index contributed by atoms with van der Waals surface area (Å²) in [5, 5.41) is 3.16. The molecule has 2 rings (SSSR count). The van der Waals surface area contributed by atoms with Crippen molar-refractivity contribution in [3.05, 3.63) is 28.2 Å². The lowest BCUT2D eigenvalue weighted by Gasteiger charge is -2.31. The van der Waals surface area contributed by atoms with E-state index in [0.29, 0.717) is 37.6 Å². The van der Waals surface area contributed by atoms with Gasteiger partial charge in [0.15, 0.2) is 0 Å². The van der Waals surface area contributed by atoms with Crippen LogP contribution in [0.15, 0.2) is 23.1 Å². The fourth-order valence-corrected chi connectivity index (χ4v) is 4.87. The lowest BCUT2D eigenvalue weighted by Crippen LogP contribution is -2.45. The van der Waals surface area contributed by atoms with Crippen molar-refractivity contribution >= 4 is 39.1 Å². The van der Waals surface area contributed by atoms with Gasteiger partial charge in [0.25, 0.3) is 0 Å². The highest BCUT2D eigenvalue weighted by Crippen LogP contribution is 2.30. The van der Waals surface area contributed by atoms with Crippen molar-refractivity contribution in [3.63, 3.8) is 0 Å². The number of halogens is 2. The summed E-state index contributed by atoms with van der Waals surface area (Å²) in [6, 6.07) is 4.32. The van der Waals surface area contributed by atoms with Gasteiger partial charge in [0.05, 0.1) is 17.5 Å². The Bertz CT molecular complexity index is 697. The van der Waals surface area contributed by atoms with Crippen molar-refractivity contribution in [1.29, 1.82) is 0 Å². The number of hydrogen-bond acceptors (Lipinski definition) is 4. The van der Waals surface area contributed by atoms with Crippen LogP contribution in [0.2, 0.25) is 10.0 Å². The number of nitrogens with zero attached hydrogens (tertiary/aromatic N) is 1. The maximum Gasteiger partial charge on any atom is 0.244 e. The van der Waals surface area contributed by atoms with E-state index >= 15 is 0 Å². The van der Waals surface area contributed by atoms with Gasteiger partial charge in [-0.05, 0) is 31.0 Å². The van der Waals surface area contributed by atoms with Crippen LogP contribution in [0, 0.1) is 5.92 Å². The molecule has 1 fully saturated rings. The Morgan fingerprint density at radius 2 is 2.17 bits per heavy atom. The number of sulfonamides is 1. The highest BCUT2D eigenvalue weighted by Gasteiger charge is 2.34. The predicted octanol–water partition coefficient (Wildman–Crippen LogP) is 2.16. The number of nitrogens with one attached hydrogen (secondary N) is 1. The molecule has 1 aromatic carbocycles. The van der Waals surface area contributed by atoms with Crippen LogP contribution in [0.4, 0.5) is 0 Å². The van der Waals surface area contributed by atoms with Gasteiger partial charge in [0, 0.05) is 31.8 Å². The second-order valence-electron chi connectivity index (χ2n) is 5.56. The van der Waals surface area contributed by atoms with Gasteiger partial charge in [-0.1, -0.05) is 23.2 Å². The number of methoxy groups -OCH3 is 1. The SMILES string of the molecule is COCCNC(=O)C1CCCN(S(=O)(=O)c2cc(Cl)ccc2Cl)C1. The van der Waals surface area contributed by atoms with Gasteiger partial charge in [-0.25, -0.2) is 8.42 Å². The number of amides is 1. The molecule has 1 atom stereocenters. The van der Waals surface area contributed by atoms with Crippen molar-refractivity contribution in [3.8, 4) is 0 Å². The Morgan fingerprint density at radius 1 is 1.42 bits per heavy atom. The molecule has 0 aliphatic carbocycles. The van der Waals surface area contributed by atoms with Crippen LogP contribution in [0.3, 0.4) is 0 Å². The number of carbonyl (C=O) groups excluding carboxylic acids is 1. The Labute approximate surface area is 152 Å². The average Bonchev–Trinajstić information content (AvgIpc) is 2.57. The van der Waals surface area contributed by atoms with Crippen molar-refractivity contribution in [2.45, 2.75) is 17.7 Å². The minimum absolute atomic E-state index is 0.0305. The molecule has 1 unspecified atom stereocenters. The zero-order valence-electron chi connectivity index (χ0n) is 13.3. The van der Waals surface area contributed by atoms with E-state index in [1.54, 1.807) is 7.11 Å². The molecule has 24 heavy (non-hydrogen) atoms. The first-order valence-electron chi connectivity index (χ1n) is 7.58. The first-order valence-corrected chi connectivity index (χ1v) is 9.77. The highest BCUT2D eigenvalue weighted by molar-refractivity contribution is 7.89. The summed E-state index contributed by atoms with van der Waals surface area (Å²) < 4.78 is 31.8. The van der Waals surface area contributed by atoms with E-state index < -0.39 is 10.0 Å². The number of rotatable bonds is 6. The molecule has 1 saturated heterocycles. The largest absolute Gasteiger partial charge is 0.383 e. The third-order valence-corrected chi connectivity index (χ3v) is 6.45. The molecule has 1 N–H and O–H groups in total. The van der Waals surface area contributed by atoms with Crippen LogP contribution in [-0.4, -0.2) is 52.0 Å². The Kier molecular flexibility index (Phi) is 6.88. The second-order valence-corrected chi connectivity index (χ2v) is 8.31. The summed E-state index contributed by atoms with van der Waals surface area (Å²) in [4.78, 5) is 12.1. The van der Waals surface area contributed by atoms with E-state index in [1.165, 1.54) is 22.5 Å². The Hall–Kier alpha value is -0.860. The average molecular weight is 395 g/mol. The van der Waals surface area contributed by atoms with Crippen LogP contribution in [0.5, 0.6) is 0 Å². The third kappa shape index (κ3) is 4.61. The molecule has 1 aromatic rings. The molecule has 0 radical (unpaired) electrons. The zero-order chi connectivity index (χ0) is 17.7. The van der Waals surface area contributed by atoms with Gasteiger partial charge in [-0.3, -0.25) is 4.79 Å². The van der Waals surface area contributed by atoms with E-state index in [-0.39, 0.29) is 28.3 Å². The van der Waals surface area contributed by atoms with E-state index in [4.69, 9.17) is 27.9 Å². The minimum atomic E-state index is -3.79. The number of piperidine rings is 1. The third-order valence-electron chi connectivity index (χ3n) is 3.87. The van der Waals surface area contributed by atoms with Crippen LogP contribution in [0.1, 0.15) is 12.8 Å². The maximum atomic E-state index is 12.8. The van der Waals surface area contributed by atoms with Gasteiger partial charge in [0.2, 0.25) is 15.9 Å². The molecule has 0 saturated carbocycles. The first-order chi connectivity index (χ1) is 11.4. The lowest BCUT2D eigenvalue weighted by molar-refractivity contribution is -0.126. The molecular weight excluding hydrogens is 375 g/mol. The summed E-state index contributed by atoms with van der Waals surface area (Å²) in [6.45, 7) is 1.30. The van der Waals surface area contributed by atoms with Crippen LogP contribution in [0.25, 0.3) is 0 Å². The zero-order valence-corrected chi connectivity index (χ0v) is 15.6. The second kappa shape index (κ2) is 8.49. The molecule has 134 valence electrons. The number of hydrogen-bond donors (Lipinski definition) is 1. The highest BCUT2D eigenvalue weighted by atomic mass is 35.5. The molecule has 0 aromatic heterocycles. The predicted molar refractivity (Wildman–Crippen MR) is 92.8 cm³/mol. The van der Waals surface area contributed by atoms with E-state index in [2.05, 4.69) is 5.32 Å². The van der Waals surface area contributed by atoms with Crippen molar-refractivity contribution in [2.24, 2.45) is 5.92 Å². The van der Waals surface area contributed by atoms with Gasteiger partial charge in [-0.2, -0.15) is 4.31 Å². The summed E-state index contributed by atoms with van der Waals surface area (Å²) >= 11 is 11.9. The topological polar surface area (TPSA) is 75.7 Å². The van der Waals surface area contributed by atoms with Crippen molar-refractivity contribution in [2.75, 3.05) is 33.4 Å². The van der Waals surface area contributed by atoms with Crippen LogP contribution >= 0.6 is 23.2 Å². The normalized spacial score (nSPS) is 19.2. The molecule has 1 aliphatic rings. The monoisotopic (exact) mass is 394 g/mol. The molecule has 9 heteroatoms. The van der Waals surface area contributed by atoms with Gasteiger partial charge >= 0.3 is 0 Å². The minimum Gasteiger partial charge on any atom is -0.383 e. The van der Waals surface area contributed by atoms with Gasteiger partial charge in [-0.15, -0.1) is 0 Å². The molecule has 6 nitrogen and oxygen atoms in total. The lowest BCUT2D eigenvalue weighted by atomic mass is 9.99. The molecule has 1 heterocycles. The fourth-order valence-electron chi connectivity index (χ4n) is 2.61. The van der Waals surface area contributed by atoms with Gasteiger partial charge in [0.1, 0.15) is 4.90 Å².